The van der Waals surface area contributed by atoms with Gasteiger partial charge in [-0.2, -0.15) is 4.31 Å². The molecule has 1 heterocycles. The van der Waals surface area contributed by atoms with Crippen LogP contribution in [0.4, 0.5) is 0 Å². The quantitative estimate of drug-likeness (QED) is 0.497. The van der Waals surface area contributed by atoms with Gasteiger partial charge < -0.3 is 10.5 Å². The van der Waals surface area contributed by atoms with E-state index in [0.717, 1.165) is 6.42 Å². The summed E-state index contributed by atoms with van der Waals surface area (Å²) in [5.41, 5.74) is 5.70. The Morgan fingerprint density at radius 2 is 1.90 bits per heavy atom. The van der Waals surface area contributed by atoms with Crippen LogP contribution in [0.2, 0.25) is 0 Å². The lowest BCUT2D eigenvalue weighted by Crippen LogP contribution is -2.55. The number of sulfonamides is 1. The number of carbonyl (C=O) groups is 1. The molecule has 1 aliphatic heterocycles. The summed E-state index contributed by atoms with van der Waals surface area (Å²) >= 11 is 5.04. The average molecular weight is 337 g/mol. The number of hydrogen-bond donors (Lipinski definition) is 1. The number of carbonyl (C=O) groups excluding carboxylic acids is 1. The van der Waals surface area contributed by atoms with Gasteiger partial charge in [-0.15, -0.1) is 0 Å². The van der Waals surface area contributed by atoms with E-state index < -0.39 is 16.0 Å². The lowest BCUT2D eigenvalue weighted by molar-refractivity contribution is -0.140. The molecular weight excluding hydrogens is 314 g/mol. The molecule has 0 aromatic heterocycles. The molecule has 1 rings (SSSR count). The molecule has 7 nitrogen and oxygen atoms in total. The maximum atomic E-state index is 12.1. The van der Waals surface area contributed by atoms with Crippen molar-refractivity contribution in [3.05, 3.63) is 0 Å². The standard InChI is InChI=1S/C12H23N3O4S2/c1-3-10(12(13)20)14-5-7-15(8-6-14)21(17,18)9-4-11(16)19-2/h10H,3-9H2,1-2H3,(H2,13,20). The largest absolute Gasteiger partial charge is 0.469 e. The Balaban J connectivity index is 2.55. The highest BCUT2D eigenvalue weighted by molar-refractivity contribution is 7.89. The number of nitrogens with zero attached hydrogens (tertiary/aromatic N) is 2. The van der Waals surface area contributed by atoms with Gasteiger partial charge in [0.2, 0.25) is 10.0 Å². The zero-order valence-electron chi connectivity index (χ0n) is 12.4. The maximum absolute atomic E-state index is 12.1. The van der Waals surface area contributed by atoms with E-state index in [4.69, 9.17) is 18.0 Å². The topological polar surface area (TPSA) is 92.9 Å². The molecule has 0 aromatic rings. The van der Waals surface area contributed by atoms with Crippen molar-refractivity contribution >= 4 is 33.2 Å². The van der Waals surface area contributed by atoms with Gasteiger partial charge in [0.15, 0.2) is 0 Å². The molecule has 1 aliphatic rings. The van der Waals surface area contributed by atoms with Crippen molar-refractivity contribution in [1.29, 1.82) is 0 Å². The Kier molecular flexibility index (Phi) is 6.98. The molecule has 0 spiro atoms. The lowest BCUT2D eigenvalue weighted by atomic mass is 10.1. The van der Waals surface area contributed by atoms with E-state index in [-0.39, 0.29) is 18.2 Å². The number of rotatable bonds is 7. The van der Waals surface area contributed by atoms with Gasteiger partial charge in [0.25, 0.3) is 0 Å². The Labute approximate surface area is 131 Å². The van der Waals surface area contributed by atoms with Gasteiger partial charge in [-0.3, -0.25) is 9.69 Å². The van der Waals surface area contributed by atoms with Crippen molar-refractivity contribution in [3.8, 4) is 0 Å². The van der Waals surface area contributed by atoms with E-state index in [1.807, 2.05) is 6.92 Å². The molecule has 0 amide bonds. The van der Waals surface area contributed by atoms with Crippen molar-refractivity contribution in [3.63, 3.8) is 0 Å². The molecule has 0 radical (unpaired) electrons. The van der Waals surface area contributed by atoms with E-state index in [0.29, 0.717) is 31.2 Å². The second-order valence-corrected chi connectivity index (χ2v) is 7.46. The zero-order chi connectivity index (χ0) is 16.0. The summed E-state index contributed by atoms with van der Waals surface area (Å²) in [6.45, 7) is 3.97. The maximum Gasteiger partial charge on any atom is 0.306 e. The Morgan fingerprint density at radius 1 is 1.33 bits per heavy atom. The Hall–Kier alpha value is -0.770. The highest BCUT2D eigenvalue weighted by Gasteiger charge is 2.30. The molecule has 1 saturated heterocycles. The third kappa shape index (κ3) is 5.17. The molecule has 0 aliphatic carbocycles. The van der Waals surface area contributed by atoms with Crippen LogP contribution >= 0.6 is 12.2 Å². The summed E-state index contributed by atoms with van der Waals surface area (Å²) in [5.74, 6) is -0.733. The van der Waals surface area contributed by atoms with Crippen molar-refractivity contribution in [1.82, 2.24) is 9.21 Å². The summed E-state index contributed by atoms with van der Waals surface area (Å²) in [6, 6.07) is 0.0138. The Morgan fingerprint density at radius 3 is 2.33 bits per heavy atom. The molecule has 0 aromatic carbocycles. The second kappa shape index (κ2) is 8.02. The first-order valence-corrected chi connectivity index (χ1v) is 8.91. The van der Waals surface area contributed by atoms with Crippen molar-refractivity contribution < 1.29 is 17.9 Å². The van der Waals surface area contributed by atoms with Gasteiger partial charge in [-0.1, -0.05) is 19.1 Å². The lowest BCUT2D eigenvalue weighted by Gasteiger charge is -2.38. The summed E-state index contributed by atoms with van der Waals surface area (Å²) in [4.78, 5) is 13.6. The third-order valence-corrected chi connectivity index (χ3v) is 5.76. The van der Waals surface area contributed by atoms with Gasteiger partial charge in [-0.25, -0.2) is 8.42 Å². The number of ether oxygens (including phenoxy) is 1. The predicted octanol–water partition coefficient (Wildman–Crippen LogP) is -0.438. The van der Waals surface area contributed by atoms with Gasteiger partial charge in [0.1, 0.15) is 0 Å². The second-order valence-electron chi connectivity index (χ2n) is 4.90. The first-order chi connectivity index (χ1) is 9.81. The van der Waals surface area contributed by atoms with E-state index in [2.05, 4.69) is 9.64 Å². The number of methoxy groups -OCH3 is 1. The first-order valence-electron chi connectivity index (χ1n) is 6.89. The van der Waals surface area contributed by atoms with Gasteiger partial charge in [-0.05, 0) is 6.42 Å². The van der Waals surface area contributed by atoms with Crippen LogP contribution in [0.25, 0.3) is 0 Å². The molecule has 122 valence electrons. The Bertz CT molecular complexity index is 473. The highest BCUT2D eigenvalue weighted by Crippen LogP contribution is 2.13. The smallest absolute Gasteiger partial charge is 0.306 e. The van der Waals surface area contributed by atoms with Crippen LogP contribution in [0.1, 0.15) is 19.8 Å². The first kappa shape index (κ1) is 18.3. The summed E-state index contributed by atoms with van der Waals surface area (Å²) < 4.78 is 30.1. The molecule has 9 heteroatoms. The van der Waals surface area contributed by atoms with Crippen molar-refractivity contribution in [2.75, 3.05) is 39.0 Å². The fraction of sp³-hybridized carbons (Fsp3) is 0.833. The molecule has 0 saturated carbocycles. The SMILES string of the molecule is CCC(C(N)=S)N1CCN(S(=O)(=O)CCC(=O)OC)CC1. The number of hydrogen-bond acceptors (Lipinski definition) is 6. The normalized spacial score (nSPS) is 19.1. The molecule has 21 heavy (non-hydrogen) atoms. The molecular formula is C12H23N3O4S2. The van der Waals surface area contributed by atoms with Crippen LogP contribution in [-0.2, 0) is 19.6 Å². The van der Waals surface area contributed by atoms with E-state index in [1.165, 1.54) is 11.4 Å². The van der Waals surface area contributed by atoms with Crippen LogP contribution in [0.3, 0.4) is 0 Å². The van der Waals surface area contributed by atoms with Crippen molar-refractivity contribution in [2.45, 2.75) is 25.8 Å². The molecule has 2 N–H and O–H groups in total. The minimum atomic E-state index is -3.42. The van der Waals surface area contributed by atoms with Gasteiger partial charge in [0.05, 0.1) is 30.3 Å². The predicted molar refractivity (Wildman–Crippen MR) is 84.4 cm³/mol. The molecule has 0 bridgehead atoms. The summed E-state index contributed by atoms with van der Waals surface area (Å²) in [6.07, 6.45) is 0.688. The number of piperazine rings is 1. The summed E-state index contributed by atoms with van der Waals surface area (Å²) in [7, 11) is -2.18. The van der Waals surface area contributed by atoms with Crippen LogP contribution < -0.4 is 5.73 Å². The van der Waals surface area contributed by atoms with Gasteiger partial charge in [0, 0.05) is 26.2 Å². The van der Waals surface area contributed by atoms with E-state index in [9.17, 15) is 13.2 Å². The van der Waals surface area contributed by atoms with Crippen LogP contribution in [0.15, 0.2) is 0 Å². The minimum Gasteiger partial charge on any atom is -0.469 e. The number of esters is 1. The summed E-state index contributed by atoms with van der Waals surface area (Å²) in [5, 5.41) is 0. The molecule has 1 atom stereocenters. The fourth-order valence-electron chi connectivity index (χ4n) is 2.38. The zero-order valence-corrected chi connectivity index (χ0v) is 14.1. The third-order valence-electron chi connectivity index (χ3n) is 3.61. The van der Waals surface area contributed by atoms with Crippen LogP contribution in [0.5, 0.6) is 0 Å². The molecule has 1 unspecified atom stereocenters. The highest BCUT2D eigenvalue weighted by atomic mass is 32.2. The van der Waals surface area contributed by atoms with E-state index in [1.54, 1.807) is 0 Å². The molecule has 1 fully saturated rings. The number of nitrogens with two attached hydrogens (primary N) is 1. The average Bonchev–Trinajstić information content (AvgIpc) is 2.45. The van der Waals surface area contributed by atoms with Gasteiger partial charge >= 0.3 is 5.97 Å². The van der Waals surface area contributed by atoms with Crippen LogP contribution in [-0.4, -0.2) is 73.7 Å². The number of thiocarbonyl (C=S) groups is 1. The van der Waals surface area contributed by atoms with Crippen molar-refractivity contribution in [2.24, 2.45) is 5.73 Å². The minimum absolute atomic E-state index is 0.0138. The van der Waals surface area contributed by atoms with Crippen LogP contribution in [0, 0.1) is 0 Å². The fourth-order valence-corrected chi connectivity index (χ4v) is 4.09. The monoisotopic (exact) mass is 337 g/mol. The van der Waals surface area contributed by atoms with E-state index >= 15 is 0 Å².